The molecule has 0 aliphatic carbocycles. The predicted molar refractivity (Wildman–Crippen MR) is 104 cm³/mol. The molecule has 2 heterocycles. The molecule has 24 heavy (non-hydrogen) atoms. The summed E-state index contributed by atoms with van der Waals surface area (Å²) in [5.74, 6) is -0.0707. The predicted octanol–water partition coefficient (Wildman–Crippen LogP) is 5.24. The average molecular weight is 375 g/mol. The van der Waals surface area contributed by atoms with Crippen LogP contribution in [-0.4, -0.2) is 22.3 Å². The van der Waals surface area contributed by atoms with E-state index in [1.165, 1.54) is 11.3 Å². The number of nitrogens with zero attached hydrogens (tertiary/aromatic N) is 2. The Morgan fingerprint density at radius 3 is 2.79 bits per heavy atom. The highest BCUT2D eigenvalue weighted by molar-refractivity contribution is 7.19. The van der Waals surface area contributed by atoms with Crippen molar-refractivity contribution in [3.05, 3.63) is 69.4 Å². The summed E-state index contributed by atoms with van der Waals surface area (Å²) in [4.78, 5) is 19.7. The van der Waals surface area contributed by atoms with E-state index >= 15 is 0 Å². The van der Waals surface area contributed by atoms with Crippen LogP contribution >= 0.6 is 34.3 Å². The molecule has 0 N–H and O–H groups in total. The summed E-state index contributed by atoms with van der Waals surface area (Å²) < 4.78 is 1.83. The number of benzene rings is 1. The number of thiophene rings is 1. The van der Waals surface area contributed by atoms with Crippen molar-refractivity contribution in [3.8, 4) is 0 Å². The fourth-order valence-corrected chi connectivity index (χ4v) is 4.20. The van der Waals surface area contributed by atoms with Crippen molar-refractivity contribution in [2.75, 3.05) is 6.54 Å². The molecule has 0 aliphatic heterocycles. The number of amides is 1. The first kappa shape index (κ1) is 16.9. The van der Waals surface area contributed by atoms with Crippen LogP contribution in [0.4, 0.5) is 0 Å². The third kappa shape index (κ3) is 4.12. The lowest BCUT2D eigenvalue weighted by Gasteiger charge is -2.18. The summed E-state index contributed by atoms with van der Waals surface area (Å²) in [6, 6.07) is 11.7. The second-order valence-corrected chi connectivity index (χ2v) is 7.93. The number of carbonyl (C=O) groups is 1. The maximum absolute atomic E-state index is 12.5. The van der Waals surface area contributed by atoms with Gasteiger partial charge < -0.3 is 4.90 Å². The highest BCUT2D eigenvalue weighted by Crippen LogP contribution is 2.24. The number of carbonyl (C=O) groups excluding carboxylic acids is 1. The van der Waals surface area contributed by atoms with Crippen LogP contribution in [-0.2, 0) is 11.3 Å². The zero-order valence-corrected chi connectivity index (χ0v) is 15.2. The van der Waals surface area contributed by atoms with Gasteiger partial charge in [-0.15, -0.1) is 29.3 Å². The Balaban J connectivity index is 1.73. The van der Waals surface area contributed by atoms with Crippen molar-refractivity contribution in [2.24, 2.45) is 0 Å². The third-order valence-corrected chi connectivity index (χ3v) is 5.53. The minimum Gasteiger partial charge on any atom is -0.330 e. The zero-order valence-electron chi connectivity index (χ0n) is 12.8. The van der Waals surface area contributed by atoms with Crippen molar-refractivity contribution >= 4 is 56.5 Å². The highest BCUT2D eigenvalue weighted by Gasteiger charge is 2.11. The Morgan fingerprint density at radius 2 is 2.08 bits per heavy atom. The molecule has 1 aromatic carbocycles. The lowest BCUT2D eigenvalue weighted by Crippen LogP contribution is -2.28. The van der Waals surface area contributed by atoms with E-state index in [-0.39, 0.29) is 5.91 Å². The molecule has 3 nitrogen and oxygen atoms in total. The van der Waals surface area contributed by atoms with Crippen LogP contribution < -0.4 is 0 Å². The normalized spacial score (nSPS) is 11.2. The van der Waals surface area contributed by atoms with E-state index in [1.54, 1.807) is 34.5 Å². The number of rotatable bonds is 6. The quantitative estimate of drug-likeness (QED) is 0.436. The topological polar surface area (TPSA) is 33.2 Å². The standard InChI is InChI=1S/C18H15ClN2OS2/c1-2-11-21(12-13-7-8-16(19)23-13)18(22)10-9-17-20-14-5-3-4-6-15(14)24-17/h2-10H,1,11-12H2/b10-9+. The van der Waals surface area contributed by atoms with Gasteiger partial charge in [0.1, 0.15) is 5.01 Å². The van der Waals surface area contributed by atoms with Crippen molar-refractivity contribution in [1.29, 1.82) is 0 Å². The minimum atomic E-state index is -0.0707. The number of halogens is 1. The second-order valence-electron chi connectivity index (χ2n) is 5.07. The lowest BCUT2D eigenvalue weighted by molar-refractivity contribution is -0.126. The fraction of sp³-hybridized carbons (Fsp3) is 0.111. The van der Waals surface area contributed by atoms with E-state index in [1.807, 2.05) is 36.4 Å². The Bertz CT molecular complexity index is 864. The summed E-state index contributed by atoms with van der Waals surface area (Å²) in [7, 11) is 0. The summed E-state index contributed by atoms with van der Waals surface area (Å²) >= 11 is 9.00. The molecular formula is C18H15ClN2OS2. The van der Waals surface area contributed by atoms with E-state index in [0.29, 0.717) is 13.1 Å². The molecule has 0 aliphatic rings. The number of thiazole rings is 1. The molecule has 3 rings (SSSR count). The molecule has 122 valence electrons. The average Bonchev–Trinajstić information content (AvgIpc) is 3.17. The van der Waals surface area contributed by atoms with Crippen molar-refractivity contribution in [3.63, 3.8) is 0 Å². The van der Waals surface area contributed by atoms with Gasteiger partial charge in [-0.2, -0.15) is 0 Å². The van der Waals surface area contributed by atoms with Gasteiger partial charge in [0.25, 0.3) is 0 Å². The Hall–Kier alpha value is -1.95. The first-order valence-electron chi connectivity index (χ1n) is 7.33. The van der Waals surface area contributed by atoms with E-state index < -0.39 is 0 Å². The van der Waals surface area contributed by atoms with Crippen LogP contribution in [0.3, 0.4) is 0 Å². The lowest BCUT2D eigenvalue weighted by atomic mass is 10.3. The largest absolute Gasteiger partial charge is 0.330 e. The van der Waals surface area contributed by atoms with Gasteiger partial charge in [-0.05, 0) is 30.3 Å². The summed E-state index contributed by atoms with van der Waals surface area (Å²) in [5.41, 5.74) is 0.950. The second kappa shape index (κ2) is 7.75. The van der Waals surface area contributed by atoms with Gasteiger partial charge in [-0.3, -0.25) is 4.79 Å². The highest BCUT2D eigenvalue weighted by atomic mass is 35.5. The summed E-state index contributed by atoms with van der Waals surface area (Å²) in [6.07, 6.45) is 5.06. The molecule has 6 heteroatoms. The number of para-hydroxylation sites is 1. The number of hydrogen-bond donors (Lipinski definition) is 0. The van der Waals surface area contributed by atoms with Gasteiger partial charge >= 0.3 is 0 Å². The molecule has 1 amide bonds. The first-order chi connectivity index (χ1) is 11.7. The minimum absolute atomic E-state index is 0.0707. The maximum Gasteiger partial charge on any atom is 0.247 e. The SMILES string of the molecule is C=CCN(Cc1ccc(Cl)s1)C(=O)/C=C/c1nc2ccccc2s1. The Kier molecular flexibility index (Phi) is 5.45. The molecular weight excluding hydrogens is 360 g/mol. The van der Waals surface area contributed by atoms with Gasteiger partial charge in [0.2, 0.25) is 5.91 Å². The monoisotopic (exact) mass is 374 g/mol. The van der Waals surface area contributed by atoms with E-state index in [2.05, 4.69) is 11.6 Å². The van der Waals surface area contributed by atoms with Crippen LogP contribution in [0.2, 0.25) is 4.34 Å². The molecule has 0 unspecified atom stereocenters. The third-order valence-electron chi connectivity index (χ3n) is 3.32. The molecule has 0 fully saturated rings. The zero-order chi connectivity index (χ0) is 16.9. The molecule has 0 spiro atoms. The van der Waals surface area contributed by atoms with Crippen molar-refractivity contribution in [1.82, 2.24) is 9.88 Å². The number of aromatic nitrogens is 1. The Morgan fingerprint density at radius 1 is 1.25 bits per heavy atom. The fourth-order valence-electron chi connectivity index (χ4n) is 2.22. The van der Waals surface area contributed by atoms with Gasteiger partial charge in [0, 0.05) is 17.5 Å². The molecule has 0 saturated heterocycles. The summed E-state index contributed by atoms with van der Waals surface area (Å²) in [6.45, 7) is 4.73. The molecule has 0 atom stereocenters. The molecule has 3 aromatic rings. The molecule has 0 bridgehead atoms. The van der Waals surface area contributed by atoms with Gasteiger partial charge in [-0.25, -0.2) is 4.98 Å². The van der Waals surface area contributed by atoms with Gasteiger partial charge in [0.15, 0.2) is 0 Å². The van der Waals surface area contributed by atoms with Crippen LogP contribution in [0, 0.1) is 0 Å². The molecule has 0 radical (unpaired) electrons. The summed E-state index contributed by atoms with van der Waals surface area (Å²) in [5, 5.41) is 0.822. The first-order valence-corrected chi connectivity index (χ1v) is 9.34. The van der Waals surface area contributed by atoms with Gasteiger partial charge in [0.05, 0.1) is 21.1 Å². The van der Waals surface area contributed by atoms with E-state index in [4.69, 9.17) is 11.6 Å². The maximum atomic E-state index is 12.5. The van der Waals surface area contributed by atoms with Crippen LogP contribution in [0.1, 0.15) is 9.88 Å². The van der Waals surface area contributed by atoms with Gasteiger partial charge in [-0.1, -0.05) is 29.8 Å². The Labute approximate surface area is 153 Å². The smallest absolute Gasteiger partial charge is 0.247 e. The van der Waals surface area contributed by atoms with Crippen molar-refractivity contribution in [2.45, 2.75) is 6.54 Å². The van der Waals surface area contributed by atoms with Crippen LogP contribution in [0.15, 0.2) is 55.1 Å². The molecule has 2 aromatic heterocycles. The van der Waals surface area contributed by atoms with E-state index in [9.17, 15) is 4.79 Å². The van der Waals surface area contributed by atoms with E-state index in [0.717, 1.165) is 24.4 Å². The van der Waals surface area contributed by atoms with Crippen LogP contribution in [0.25, 0.3) is 16.3 Å². The number of fused-ring (bicyclic) bond motifs is 1. The van der Waals surface area contributed by atoms with Crippen LogP contribution in [0.5, 0.6) is 0 Å². The molecule has 0 saturated carbocycles. The number of hydrogen-bond acceptors (Lipinski definition) is 4. The van der Waals surface area contributed by atoms with Crippen molar-refractivity contribution < 1.29 is 4.79 Å².